The van der Waals surface area contributed by atoms with Gasteiger partial charge in [0.05, 0.1) is 11.8 Å². The van der Waals surface area contributed by atoms with Crippen molar-refractivity contribution in [1.29, 1.82) is 0 Å². The highest BCUT2D eigenvalue weighted by molar-refractivity contribution is 7.99. The smallest absolute Gasteiger partial charge is 0.230 e. The molecular formula is C24H28ClN5OS. The van der Waals surface area contributed by atoms with Gasteiger partial charge in [-0.25, -0.2) is 0 Å². The van der Waals surface area contributed by atoms with E-state index in [4.69, 9.17) is 11.6 Å². The molecule has 4 rings (SSSR count). The average molecular weight is 470 g/mol. The number of carbonyl (C=O) groups excluding carboxylic acids is 1. The molecule has 3 aromatic rings. The van der Waals surface area contributed by atoms with Crippen LogP contribution in [0.15, 0.2) is 53.9 Å². The fourth-order valence-corrected chi connectivity index (χ4v) is 4.95. The number of thioether (sulfide) groups is 1. The summed E-state index contributed by atoms with van der Waals surface area (Å²) >= 11 is 7.62. The second kappa shape index (κ2) is 10.5. The molecule has 2 heterocycles. The highest BCUT2D eigenvalue weighted by Gasteiger charge is 2.24. The van der Waals surface area contributed by atoms with Gasteiger partial charge in [0.25, 0.3) is 0 Å². The molecule has 0 aliphatic carbocycles. The SMILES string of the molecule is Cc1ccc(-n2cnnc2SCC(=O)NC[C@@H](c2cccc(Cl)c2)N2CCCC2)cc1C. The number of aryl methyl sites for hydroxylation is 2. The molecule has 0 bridgehead atoms. The van der Waals surface area contributed by atoms with Gasteiger partial charge in [-0.3, -0.25) is 14.3 Å². The topological polar surface area (TPSA) is 63.1 Å². The van der Waals surface area contributed by atoms with Crippen LogP contribution in [0.2, 0.25) is 5.02 Å². The zero-order chi connectivity index (χ0) is 22.5. The zero-order valence-corrected chi connectivity index (χ0v) is 20.0. The summed E-state index contributed by atoms with van der Waals surface area (Å²) in [7, 11) is 0. The predicted octanol–water partition coefficient (Wildman–Crippen LogP) is 4.58. The molecule has 32 heavy (non-hydrogen) atoms. The number of nitrogens with zero attached hydrogens (tertiary/aromatic N) is 4. The molecule has 1 aliphatic heterocycles. The molecule has 1 aromatic heterocycles. The summed E-state index contributed by atoms with van der Waals surface area (Å²) in [4.78, 5) is 15.1. The number of hydrogen-bond donors (Lipinski definition) is 1. The van der Waals surface area contributed by atoms with E-state index in [0.717, 1.165) is 29.4 Å². The molecule has 2 aromatic carbocycles. The molecule has 1 fully saturated rings. The molecule has 6 nitrogen and oxygen atoms in total. The zero-order valence-electron chi connectivity index (χ0n) is 18.4. The van der Waals surface area contributed by atoms with E-state index in [2.05, 4.69) is 52.5 Å². The summed E-state index contributed by atoms with van der Waals surface area (Å²) in [5, 5.41) is 12.8. The summed E-state index contributed by atoms with van der Waals surface area (Å²) < 4.78 is 1.92. The van der Waals surface area contributed by atoms with Crippen molar-refractivity contribution < 1.29 is 4.79 Å². The Morgan fingerprint density at radius 2 is 1.97 bits per heavy atom. The molecule has 1 amide bonds. The van der Waals surface area contributed by atoms with E-state index in [1.807, 2.05) is 28.8 Å². The van der Waals surface area contributed by atoms with Crippen molar-refractivity contribution in [3.8, 4) is 5.69 Å². The molecule has 8 heteroatoms. The predicted molar refractivity (Wildman–Crippen MR) is 130 cm³/mol. The monoisotopic (exact) mass is 469 g/mol. The molecule has 0 unspecified atom stereocenters. The summed E-state index contributed by atoms with van der Waals surface area (Å²) in [6.45, 7) is 6.82. The summed E-state index contributed by atoms with van der Waals surface area (Å²) in [5.41, 5.74) is 4.58. The fraction of sp³-hybridized carbons (Fsp3) is 0.375. The third kappa shape index (κ3) is 5.52. The first-order chi connectivity index (χ1) is 15.5. The number of nitrogens with one attached hydrogen (secondary N) is 1. The number of halogens is 1. The number of benzene rings is 2. The van der Waals surface area contributed by atoms with Gasteiger partial charge in [-0.15, -0.1) is 10.2 Å². The van der Waals surface area contributed by atoms with E-state index in [1.165, 1.54) is 35.7 Å². The molecule has 0 radical (unpaired) electrons. The largest absolute Gasteiger partial charge is 0.353 e. The van der Waals surface area contributed by atoms with E-state index in [1.54, 1.807) is 6.33 Å². The van der Waals surface area contributed by atoms with Crippen LogP contribution in [0.4, 0.5) is 0 Å². The number of aromatic nitrogens is 3. The van der Waals surface area contributed by atoms with Crippen molar-refractivity contribution >= 4 is 29.3 Å². The average Bonchev–Trinajstić information content (AvgIpc) is 3.47. The van der Waals surface area contributed by atoms with Crippen LogP contribution in [0, 0.1) is 13.8 Å². The Labute approximate surface area is 198 Å². The molecule has 1 saturated heterocycles. The highest BCUT2D eigenvalue weighted by atomic mass is 35.5. The molecule has 1 atom stereocenters. The lowest BCUT2D eigenvalue weighted by molar-refractivity contribution is -0.118. The third-order valence-electron chi connectivity index (χ3n) is 5.92. The van der Waals surface area contributed by atoms with E-state index < -0.39 is 0 Å². The van der Waals surface area contributed by atoms with Crippen molar-refractivity contribution in [2.45, 2.75) is 37.9 Å². The molecule has 168 valence electrons. The molecule has 0 saturated carbocycles. The van der Waals surface area contributed by atoms with Crippen molar-refractivity contribution in [3.05, 3.63) is 70.5 Å². The minimum atomic E-state index is -0.0177. The number of hydrogen-bond acceptors (Lipinski definition) is 5. The lowest BCUT2D eigenvalue weighted by atomic mass is 10.1. The van der Waals surface area contributed by atoms with Crippen LogP contribution in [-0.2, 0) is 4.79 Å². The Hall–Kier alpha value is -2.35. The minimum absolute atomic E-state index is 0.0177. The second-order valence-corrected chi connectivity index (χ2v) is 9.54. The van der Waals surface area contributed by atoms with Crippen LogP contribution < -0.4 is 5.32 Å². The third-order valence-corrected chi connectivity index (χ3v) is 7.10. The lowest BCUT2D eigenvalue weighted by Crippen LogP contribution is -2.37. The second-order valence-electron chi connectivity index (χ2n) is 8.16. The maximum Gasteiger partial charge on any atom is 0.230 e. The first kappa shape index (κ1) is 22.8. The van der Waals surface area contributed by atoms with E-state index in [-0.39, 0.29) is 17.7 Å². The van der Waals surface area contributed by atoms with E-state index >= 15 is 0 Å². The Kier molecular flexibility index (Phi) is 7.50. The van der Waals surface area contributed by atoms with Crippen LogP contribution in [0.25, 0.3) is 5.69 Å². The van der Waals surface area contributed by atoms with Crippen molar-refractivity contribution in [1.82, 2.24) is 25.0 Å². The van der Waals surface area contributed by atoms with Crippen LogP contribution in [-0.4, -0.2) is 51.0 Å². The highest BCUT2D eigenvalue weighted by Crippen LogP contribution is 2.27. The van der Waals surface area contributed by atoms with Gasteiger partial charge < -0.3 is 5.32 Å². The molecule has 1 aliphatic rings. The van der Waals surface area contributed by atoms with Crippen LogP contribution in [0.3, 0.4) is 0 Å². The summed E-state index contributed by atoms with van der Waals surface area (Å²) in [6.07, 6.45) is 4.07. The van der Waals surface area contributed by atoms with Crippen molar-refractivity contribution in [2.75, 3.05) is 25.4 Å². The van der Waals surface area contributed by atoms with E-state index in [9.17, 15) is 4.79 Å². The Morgan fingerprint density at radius 1 is 1.16 bits per heavy atom. The molecular weight excluding hydrogens is 442 g/mol. The van der Waals surface area contributed by atoms with Crippen molar-refractivity contribution in [2.24, 2.45) is 0 Å². The Bertz CT molecular complexity index is 1080. The van der Waals surface area contributed by atoms with Crippen LogP contribution in [0.5, 0.6) is 0 Å². The van der Waals surface area contributed by atoms with Gasteiger partial charge in [-0.1, -0.05) is 41.6 Å². The molecule has 0 spiro atoms. The van der Waals surface area contributed by atoms with Gasteiger partial charge in [-0.05, 0) is 80.7 Å². The van der Waals surface area contributed by atoms with Gasteiger partial charge in [0.1, 0.15) is 6.33 Å². The number of rotatable bonds is 8. The van der Waals surface area contributed by atoms with Gasteiger partial charge >= 0.3 is 0 Å². The quantitative estimate of drug-likeness (QED) is 0.489. The Balaban J connectivity index is 1.37. The fourth-order valence-electron chi connectivity index (χ4n) is 3.99. The lowest BCUT2D eigenvalue weighted by Gasteiger charge is -2.28. The standard InChI is InChI=1S/C24H28ClN5OS/c1-17-8-9-21(12-18(17)2)30-16-27-28-24(30)32-15-23(31)26-14-22(29-10-3-4-11-29)19-6-5-7-20(25)13-19/h5-9,12-13,16,22H,3-4,10-11,14-15H2,1-2H3,(H,26,31)/t22-/m0/s1. The van der Waals surface area contributed by atoms with Crippen LogP contribution >= 0.6 is 23.4 Å². The summed E-state index contributed by atoms with van der Waals surface area (Å²) in [5.74, 6) is 0.266. The van der Waals surface area contributed by atoms with Gasteiger partial charge in [0, 0.05) is 17.3 Å². The number of carbonyl (C=O) groups is 1. The number of amides is 1. The Morgan fingerprint density at radius 3 is 2.72 bits per heavy atom. The minimum Gasteiger partial charge on any atom is -0.353 e. The molecule has 1 N–H and O–H groups in total. The van der Waals surface area contributed by atoms with Gasteiger partial charge in [0.2, 0.25) is 5.91 Å². The normalized spacial score (nSPS) is 15.1. The maximum atomic E-state index is 12.7. The maximum absolute atomic E-state index is 12.7. The van der Waals surface area contributed by atoms with E-state index in [0.29, 0.717) is 11.7 Å². The first-order valence-corrected chi connectivity index (χ1v) is 12.2. The van der Waals surface area contributed by atoms with Crippen molar-refractivity contribution in [3.63, 3.8) is 0 Å². The van der Waals surface area contributed by atoms with Gasteiger partial charge in [0.15, 0.2) is 5.16 Å². The van der Waals surface area contributed by atoms with Gasteiger partial charge in [-0.2, -0.15) is 0 Å². The number of likely N-dealkylation sites (tertiary alicyclic amines) is 1. The summed E-state index contributed by atoms with van der Waals surface area (Å²) in [6, 6.07) is 14.3. The first-order valence-electron chi connectivity index (χ1n) is 10.9. The van der Waals surface area contributed by atoms with Crippen LogP contribution in [0.1, 0.15) is 35.6 Å².